The molecule has 3 amide bonds. The molecule has 1 unspecified atom stereocenters. The largest absolute Gasteiger partial charge is 0.378 e. The summed E-state index contributed by atoms with van der Waals surface area (Å²) in [7, 11) is 4.01. The standard InChI is InChI=1S/C34H40N6O3/c1-34(2,3)30(37-31(41)29-16-22-8-6-7-9-27(22)36-29)33(43)40-20-25-17-26(40)19-39(25)32(42)28-15-12-23(18-35-28)21-10-13-24(14-11-21)38(4)5/h6-15,18,25-26,29-30,36H,16-17,19-20H2,1-5H3,(H,37,41)/t25-,26-,29?,30+/m0/s1. The van der Waals surface area contributed by atoms with Gasteiger partial charge in [0.2, 0.25) is 11.8 Å². The molecule has 0 aliphatic carbocycles. The van der Waals surface area contributed by atoms with Crippen molar-refractivity contribution in [2.45, 2.75) is 57.8 Å². The minimum absolute atomic E-state index is 0.0659. The van der Waals surface area contributed by atoms with Crippen molar-refractivity contribution >= 4 is 29.1 Å². The lowest BCUT2D eigenvalue weighted by Gasteiger charge is -2.39. The lowest BCUT2D eigenvalue weighted by Crippen LogP contribution is -2.60. The quantitative estimate of drug-likeness (QED) is 0.460. The lowest BCUT2D eigenvalue weighted by molar-refractivity contribution is -0.141. The fourth-order valence-electron chi connectivity index (χ4n) is 6.49. The number of carbonyl (C=O) groups is 3. The first-order valence-corrected chi connectivity index (χ1v) is 15.0. The average Bonchev–Trinajstić information content (AvgIpc) is 3.73. The van der Waals surface area contributed by atoms with Crippen LogP contribution in [0, 0.1) is 5.41 Å². The Morgan fingerprint density at radius 1 is 0.930 bits per heavy atom. The molecule has 0 saturated carbocycles. The zero-order valence-electron chi connectivity index (χ0n) is 25.5. The molecule has 2 aromatic carbocycles. The number of hydrogen-bond acceptors (Lipinski definition) is 6. The summed E-state index contributed by atoms with van der Waals surface area (Å²) in [5.74, 6) is -0.367. The van der Waals surface area contributed by atoms with Gasteiger partial charge in [-0.05, 0) is 47.2 Å². The second kappa shape index (κ2) is 11.0. The Kier molecular flexibility index (Phi) is 7.36. The van der Waals surface area contributed by atoms with Gasteiger partial charge in [0.25, 0.3) is 5.91 Å². The molecule has 2 fully saturated rings. The van der Waals surface area contributed by atoms with Crippen LogP contribution in [-0.4, -0.2) is 83.9 Å². The number of anilines is 2. The van der Waals surface area contributed by atoms with Crippen LogP contribution in [0.15, 0.2) is 66.9 Å². The van der Waals surface area contributed by atoms with Gasteiger partial charge in [0, 0.05) is 56.7 Å². The second-order valence-corrected chi connectivity index (χ2v) is 13.2. The molecule has 224 valence electrons. The number of nitrogens with zero attached hydrogens (tertiary/aromatic N) is 4. The Labute approximate surface area is 253 Å². The topological polar surface area (TPSA) is 97.9 Å². The monoisotopic (exact) mass is 580 g/mol. The van der Waals surface area contributed by atoms with Gasteiger partial charge in [0.15, 0.2) is 0 Å². The van der Waals surface area contributed by atoms with Gasteiger partial charge in [-0.15, -0.1) is 0 Å². The zero-order chi connectivity index (χ0) is 30.5. The normalized spacial score (nSPS) is 21.3. The van der Waals surface area contributed by atoms with Crippen LogP contribution in [-0.2, 0) is 16.0 Å². The van der Waals surface area contributed by atoms with Gasteiger partial charge in [-0.1, -0.05) is 57.2 Å². The third kappa shape index (κ3) is 5.56. The number of fused-ring (bicyclic) bond motifs is 3. The highest BCUT2D eigenvalue weighted by Crippen LogP contribution is 2.34. The Balaban J connectivity index is 1.09. The molecule has 3 aliphatic heterocycles. The molecule has 9 heteroatoms. The van der Waals surface area contributed by atoms with Crippen LogP contribution in [0.4, 0.5) is 11.4 Å². The summed E-state index contributed by atoms with van der Waals surface area (Å²) >= 11 is 0. The van der Waals surface area contributed by atoms with Crippen molar-refractivity contribution in [3.63, 3.8) is 0 Å². The first-order chi connectivity index (χ1) is 20.5. The van der Waals surface area contributed by atoms with E-state index in [1.165, 1.54) is 0 Å². The van der Waals surface area contributed by atoms with E-state index in [4.69, 9.17) is 0 Å². The highest BCUT2D eigenvalue weighted by molar-refractivity contribution is 5.95. The maximum atomic E-state index is 13.9. The molecule has 1 aromatic heterocycles. The van der Waals surface area contributed by atoms with Gasteiger partial charge >= 0.3 is 0 Å². The number of hydrogen-bond donors (Lipinski definition) is 2. The van der Waals surface area contributed by atoms with Crippen molar-refractivity contribution in [1.29, 1.82) is 0 Å². The van der Waals surface area contributed by atoms with E-state index >= 15 is 0 Å². The maximum Gasteiger partial charge on any atom is 0.272 e. The van der Waals surface area contributed by atoms with Crippen molar-refractivity contribution in [3.05, 3.63) is 78.1 Å². The van der Waals surface area contributed by atoms with Crippen LogP contribution < -0.4 is 15.5 Å². The lowest BCUT2D eigenvalue weighted by atomic mass is 9.85. The number of pyridine rings is 1. The third-order valence-corrected chi connectivity index (χ3v) is 8.97. The minimum Gasteiger partial charge on any atom is -0.378 e. The Hall–Kier alpha value is -4.40. The molecule has 43 heavy (non-hydrogen) atoms. The molecule has 0 radical (unpaired) electrons. The number of para-hydroxylation sites is 1. The molecule has 4 atom stereocenters. The highest BCUT2D eigenvalue weighted by atomic mass is 16.2. The molecule has 6 rings (SSSR count). The Morgan fingerprint density at radius 3 is 2.21 bits per heavy atom. The summed E-state index contributed by atoms with van der Waals surface area (Å²) in [6, 6.07) is 18.6. The second-order valence-electron chi connectivity index (χ2n) is 13.2. The third-order valence-electron chi connectivity index (χ3n) is 8.97. The van der Waals surface area contributed by atoms with E-state index in [0.717, 1.165) is 34.5 Å². The average molecular weight is 581 g/mol. The van der Waals surface area contributed by atoms with Crippen molar-refractivity contribution in [3.8, 4) is 11.1 Å². The number of benzene rings is 2. The summed E-state index contributed by atoms with van der Waals surface area (Å²) in [6.45, 7) is 6.85. The van der Waals surface area contributed by atoms with Crippen LogP contribution in [0.25, 0.3) is 11.1 Å². The molecule has 0 spiro atoms. The molecule has 2 saturated heterocycles. The van der Waals surface area contributed by atoms with Crippen LogP contribution in [0.1, 0.15) is 43.2 Å². The van der Waals surface area contributed by atoms with Crippen molar-refractivity contribution < 1.29 is 14.4 Å². The van der Waals surface area contributed by atoms with Crippen LogP contribution >= 0.6 is 0 Å². The fraction of sp³-hybridized carbons (Fsp3) is 0.412. The SMILES string of the molecule is CN(C)c1ccc(-c2ccc(C(=O)N3C[C@@H]4C[C@H]3CN4C(=O)[C@@H](NC(=O)C3Cc4ccccc4N3)C(C)(C)C)nc2)cc1. The summed E-state index contributed by atoms with van der Waals surface area (Å²) in [4.78, 5) is 50.9. The van der Waals surface area contributed by atoms with Crippen LogP contribution in [0.3, 0.4) is 0 Å². The number of nitrogens with one attached hydrogen (secondary N) is 2. The Morgan fingerprint density at radius 2 is 1.60 bits per heavy atom. The smallest absolute Gasteiger partial charge is 0.272 e. The molecular weight excluding hydrogens is 540 g/mol. The van der Waals surface area contributed by atoms with Gasteiger partial charge in [0.1, 0.15) is 17.8 Å². The van der Waals surface area contributed by atoms with E-state index < -0.39 is 17.5 Å². The molecular formula is C34H40N6O3. The fourth-order valence-corrected chi connectivity index (χ4v) is 6.49. The van der Waals surface area contributed by atoms with E-state index in [-0.39, 0.29) is 29.8 Å². The van der Waals surface area contributed by atoms with Gasteiger partial charge in [-0.2, -0.15) is 0 Å². The summed E-state index contributed by atoms with van der Waals surface area (Å²) in [5, 5.41) is 6.36. The number of piperazine rings is 1. The van der Waals surface area contributed by atoms with Gasteiger partial charge in [-0.25, -0.2) is 0 Å². The minimum atomic E-state index is -0.671. The number of amides is 3. The van der Waals surface area contributed by atoms with Gasteiger partial charge in [-0.3, -0.25) is 19.4 Å². The van der Waals surface area contributed by atoms with Crippen molar-refractivity contribution in [1.82, 2.24) is 20.1 Å². The number of aromatic nitrogens is 1. The van der Waals surface area contributed by atoms with E-state index in [1.54, 1.807) is 12.3 Å². The van der Waals surface area contributed by atoms with E-state index in [0.29, 0.717) is 25.2 Å². The summed E-state index contributed by atoms with van der Waals surface area (Å²) in [5.41, 5.74) is 5.11. The molecule has 4 heterocycles. The predicted molar refractivity (Wildman–Crippen MR) is 168 cm³/mol. The number of likely N-dealkylation sites (tertiary alicyclic amines) is 2. The first kappa shape index (κ1) is 28.7. The number of carbonyl (C=O) groups excluding carboxylic acids is 3. The summed E-state index contributed by atoms with van der Waals surface area (Å²) < 4.78 is 0. The van der Waals surface area contributed by atoms with E-state index in [9.17, 15) is 14.4 Å². The predicted octanol–water partition coefficient (Wildman–Crippen LogP) is 3.81. The molecule has 3 aliphatic rings. The Bertz CT molecular complexity index is 1500. The maximum absolute atomic E-state index is 13.9. The summed E-state index contributed by atoms with van der Waals surface area (Å²) in [6.07, 6.45) is 3.07. The van der Waals surface area contributed by atoms with Crippen molar-refractivity contribution in [2.75, 3.05) is 37.4 Å². The van der Waals surface area contributed by atoms with Crippen LogP contribution in [0.5, 0.6) is 0 Å². The zero-order valence-corrected chi connectivity index (χ0v) is 25.5. The van der Waals surface area contributed by atoms with Gasteiger partial charge < -0.3 is 25.3 Å². The van der Waals surface area contributed by atoms with E-state index in [2.05, 4.69) is 44.8 Å². The molecule has 2 bridgehead atoms. The number of rotatable bonds is 6. The van der Waals surface area contributed by atoms with E-state index in [1.807, 2.05) is 75.0 Å². The molecule has 3 aromatic rings. The van der Waals surface area contributed by atoms with Crippen LogP contribution in [0.2, 0.25) is 0 Å². The van der Waals surface area contributed by atoms with Crippen molar-refractivity contribution in [2.24, 2.45) is 5.41 Å². The highest BCUT2D eigenvalue weighted by Gasteiger charge is 2.50. The molecule has 9 nitrogen and oxygen atoms in total. The van der Waals surface area contributed by atoms with Gasteiger partial charge in [0.05, 0.1) is 12.1 Å². The molecule has 2 N–H and O–H groups in total. The first-order valence-electron chi connectivity index (χ1n) is 15.0.